The van der Waals surface area contributed by atoms with Gasteiger partial charge in [-0.1, -0.05) is 13.8 Å². The van der Waals surface area contributed by atoms with Crippen molar-refractivity contribution in [1.82, 2.24) is 0 Å². The number of rotatable bonds is 6. The van der Waals surface area contributed by atoms with Crippen molar-refractivity contribution >= 4 is 0 Å². The van der Waals surface area contributed by atoms with Crippen LogP contribution in [0.5, 0.6) is 0 Å². The number of hydrogen-bond donors (Lipinski definition) is 1. The highest BCUT2D eigenvalue weighted by Gasteiger charge is 2.28. The summed E-state index contributed by atoms with van der Waals surface area (Å²) in [5.41, 5.74) is 5.59. The van der Waals surface area contributed by atoms with Crippen LogP contribution in [0, 0.1) is 5.41 Å². The van der Waals surface area contributed by atoms with Crippen molar-refractivity contribution in [3.8, 4) is 0 Å². The summed E-state index contributed by atoms with van der Waals surface area (Å²) >= 11 is 0. The van der Waals surface area contributed by atoms with Crippen LogP contribution in [0.25, 0.3) is 0 Å². The van der Waals surface area contributed by atoms with Gasteiger partial charge < -0.3 is 15.2 Å². The molecule has 0 saturated heterocycles. The van der Waals surface area contributed by atoms with E-state index >= 15 is 0 Å². The first-order valence-electron chi connectivity index (χ1n) is 4.39. The van der Waals surface area contributed by atoms with Crippen LogP contribution >= 0.6 is 0 Å². The molecule has 0 fully saturated rings. The molecule has 0 rings (SSSR count). The molecule has 0 aromatic rings. The van der Waals surface area contributed by atoms with E-state index in [2.05, 4.69) is 13.8 Å². The van der Waals surface area contributed by atoms with Gasteiger partial charge in [-0.05, 0) is 6.92 Å². The first kappa shape index (κ1) is 11.9. The Labute approximate surface area is 75.2 Å². The van der Waals surface area contributed by atoms with Gasteiger partial charge in [-0.25, -0.2) is 0 Å². The van der Waals surface area contributed by atoms with Crippen LogP contribution in [0.4, 0.5) is 0 Å². The van der Waals surface area contributed by atoms with Crippen LogP contribution in [-0.4, -0.2) is 33.0 Å². The lowest BCUT2D eigenvalue weighted by Crippen LogP contribution is -2.41. The lowest BCUT2D eigenvalue weighted by atomic mass is 9.87. The Morgan fingerprint density at radius 3 is 2.33 bits per heavy atom. The Bertz CT molecular complexity index is 115. The predicted molar refractivity (Wildman–Crippen MR) is 50.1 cm³/mol. The highest BCUT2D eigenvalue weighted by molar-refractivity contribution is 4.79. The molecule has 0 aromatic heterocycles. The van der Waals surface area contributed by atoms with Crippen LogP contribution < -0.4 is 5.73 Å². The van der Waals surface area contributed by atoms with Crippen molar-refractivity contribution < 1.29 is 9.47 Å². The van der Waals surface area contributed by atoms with Gasteiger partial charge in [-0.3, -0.25) is 0 Å². The van der Waals surface area contributed by atoms with Gasteiger partial charge in [0.1, 0.15) is 0 Å². The fourth-order valence-electron chi connectivity index (χ4n) is 1.28. The zero-order valence-electron chi connectivity index (χ0n) is 8.59. The lowest BCUT2D eigenvalue weighted by molar-refractivity contribution is -0.0473. The second kappa shape index (κ2) is 5.51. The minimum absolute atomic E-state index is 0.000486. The van der Waals surface area contributed by atoms with E-state index < -0.39 is 0 Å². The van der Waals surface area contributed by atoms with Gasteiger partial charge in [0.15, 0.2) is 0 Å². The SMILES string of the molecule is CCOC(CN)C(C)(C)COC. The summed E-state index contributed by atoms with van der Waals surface area (Å²) in [5, 5.41) is 0. The van der Waals surface area contributed by atoms with E-state index in [1.54, 1.807) is 7.11 Å². The van der Waals surface area contributed by atoms with Crippen LogP contribution in [0.3, 0.4) is 0 Å². The van der Waals surface area contributed by atoms with E-state index in [0.29, 0.717) is 19.8 Å². The number of ether oxygens (including phenoxy) is 2. The first-order chi connectivity index (χ1) is 5.58. The molecule has 0 radical (unpaired) electrons. The minimum atomic E-state index is -0.000486. The zero-order chi connectivity index (χ0) is 9.61. The second-order valence-electron chi connectivity index (χ2n) is 3.60. The Balaban J connectivity index is 4.05. The molecule has 0 amide bonds. The summed E-state index contributed by atoms with van der Waals surface area (Å²) < 4.78 is 10.6. The molecule has 1 atom stereocenters. The predicted octanol–water partition coefficient (Wildman–Crippen LogP) is 1.02. The van der Waals surface area contributed by atoms with Gasteiger partial charge in [0.2, 0.25) is 0 Å². The zero-order valence-corrected chi connectivity index (χ0v) is 8.59. The van der Waals surface area contributed by atoms with Crippen molar-refractivity contribution in [2.24, 2.45) is 11.1 Å². The average molecular weight is 175 g/mol. The Hall–Kier alpha value is -0.120. The third-order valence-corrected chi connectivity index (χ3v) is 1.97. The number of hydrogen-bond acceptors (Lipinski definition) is 3. The maximum atomic E-state index is 5.59. The van der Waals surface area contributed by atoms with Crippen LogP contribution in [0.2, 0.25) is 0 Å². The summed E-state index contributed by atoms with van der Waals surface area (Å²) in [7, 11) is 1.70. The fraction of sp³-hybridized carbons (Fsp3) is 1.00. The van der Waals surface area contributed by atoms with Crippen molar-refractivity contribution in [2.45, 2.75) is 26.9 Å². The third-order valence-electron chi connectivity index (χ3n) is 1.97. The number of nitrogens with two attached hydrogens (primary N) is 1. The van der Waals surface area contributed by atoms with E-state index in [4.69, 9.17) is 15.2 Å². The summed E-state index contributed by atoms with van der Waals surface area (Å²) in [6.45, 7) is 8.10. The van der Waals surface area contributed by atoms with Crippen molar-refractivity contribution in [3.63, 3.8) is 0 Å². The smallest absolute Gasteiger partial charge is 0.0769 e. The topological polar surface area (TPSA) is 44.5 Å². The third kappa shape index (κ3) is 3.52. The Kier molecular flexibility index (Phi) is 5.46. The second-order valence-corrected chi connectivity index (χ2v) is 3.60. The van der Waals surface area contributed by atoms with E-state index in [0.717, 1.165) is 0 Å². The normalized spacial score (nSPS) is 14.8. The quantitative estimate of drug-likeness (QED) is 0.655. The molecular formula is C9H21NO2. The molecule has 2 N–H and O–H groups in total. The van der Waals surface area contributed by atoms with Crippen LogP contribution in [-0.2, 0) is 9.47 Å². The first-order valence-corrected chi connectivity index (χ1v) is 4.39. The van der Waals surface area contributed by atoms with Crippen molar-refractivity contribution in [2.75, 3.05) is 26.9 Å². The fourth-order valence-corrected chi connectivity index (χ4v) is 1.28. The van der Waals surface area contributed by atoms with Gasteiger partial charge >= 0.3 is 0 Å². The Morgan fingerprint density at radius 1 is 1.42 bits per heavy atom. The van der Waals surface area contributed by atoms with Gasteiger partial charge in [0.05, 0.1) is 12.7 Å². The van der Waals surface area contributed by atoms with Crippen LogP contribution in [0.1, 0.15) is 20.8 Å². The molecule has 74 valence electrons. The van der Waals surface area contributed by atoms with Gasteiger partial charge in [0, 0.05) is 25.7 Å². The van der Waals surface area contributed by atoms with Crippen molar-refractivity contribution in [3.05, 3.63) is 0 Å². The molecule has 3 heteroatoms. The molecule has 0 heterocycles. The molecule has 0 bridgehead atoms. The Morgan fingerprint density at radius 2 is 2.00 bits per heavy atom. The largest absolute Gasteiger partial charge is 0.384 e. The average Bonchev–Trinajstić information content (AvgIpc) is 1.99. The molecule has 0 spiro atoms. The molecule has 0 aliphatic heterocycles. The maximum Gasteiger partial charge on any atom is 0.0769 e. The molecule has 0 aliphatic carbocycles. The van der Waals surface area contributed by atoms with Gasteiger partial charge in [0.25, 0.3) is 0 Å². The minimum Gasteiger partial charge on any atom is -0.384 e. The van der Waals surface area contributed by atoms with E-state index in [9.17, 15) is 0 Å². The summed E-state index contributed by atoms with van der Waals surface area (Å²) in [6.07, 6.45) is 0.0856. The van der Waals surface area contributed by atoms with Gasteiger partial charge in [-0.15, -0.1) is 0 Å². The highest BCUT2D eigenvalue weighted by Crippen LogP contribution is 2.22. The molecule has 1 unspecified atom stereocenters. The summed E-state index contributed by atoms with van der Waals surface area (Å²) in [5.74, 6) is 0. The lowest BCUT2D eigenvalue weighted by Gasteiger charge is -2.32. The molecule has 3 nitrogen and oxygen atoms in total. The van der Waals surface area contributed by atoms with E-state index in [1.807, 2.05) is 6.92 Å². The molecular weight excluding hydrogens is 154 g/mol. The van der Waals surface area contributed by atoms with Gasteiger partial charge in [-0.2, -0.15) is 0 Å². The van der Waals surface area contributed by atoms with Crippen LogP contribution in [0.15, 0.2) is 0 Å². The molecule has 0 aliphatic rings. The number of methoxy groups -OCH3 is 1. The van der Waals surface area contributed by atoms with E-state index in [1.165, 1.54) is 0 Å². The molecule has 12 heavy (non-hydrogen) atoms. The molecule has 0 aromatic carbocycles. The summed E-state index contributed by atoms with van der Waals surface area (Å²) in [4.78, 5) is 0. The highest BCUT2D eigenvalue weighted by atomic mass is 16.5. The van der Waals surface area contributed by atoms with Crippen molar-refractivity contribution in [1.29, 1.82) is 0 Å². The molecule has 0 saturated carbocycles. The van der Waals surface area contributed by atoms with E-state index in [-0.39, 0.29) is 11.5 Å². The standard InChI is InChI=1S/C9H21NO2/c1-5-12-8(6-10)9(2,3)7-11-4/h8H,5-7,10H2,1-4H3. The summed E-state index contributed by atoms with van der Waals surface area (Å²) in [6, 6.07) is 0. The monoisotopic (exact) mass is 175 g/mol. The maximum absolute atomic E-state index is 5.59.